The lowest BCUT2D eigenvalue weighted by atomic mass is 10.1. The lowest BCUT2D eigenvalue weighted by Crippen LogP contribution is -2.39. The van der Waals surface area contributed by atoms with Gasteiger partial charge in [-0.05, 0) is 6.92 Å². The van der Waals surface area contributed by atoms with Gasteiger partial charge in [0.2, 0.25) is 0 Å². The van der Waals surface area contributed by atoms with Gasteiger partial charge in [0.25, 0.3) is 0 Å². The normalized spacial score (nSPS) is 29.5. The summed E-state index contributed by atoms with van der Waals surface area (Å²) in [7, 11) is 0. The quantitative estimate of drug-likeness (QED) is 0.635. The number of carbonyl (C=O) groups is 1. The van der Waals surface area contributed by atoms with E-state index in [0.29, 0.717) is 19.1 Å². The Morgan fingerprint density at radius 3 is 3.00 bits per heavy atom. The van der Waals surface area contributed by atoms with Crippen LogP contribution in [0.15, 0.2) is 12.7 Å². The third kappa shape index (κ3) is 2.82. The maximum Gasteiger partial charge on any atom is 0.309 e. The van der Waals surface area contributed by atoms with E-state index in [4.69, 9.17) is 5.11 Å². The summed E-state index contributed by atoms with van der Waals surface area (Å²) in [6.07, 6.45) is 1.82. The zero-order valence-electron chi connectivity index (χ0n) is 8.57. The van der Waals surface area contributed by atoms with Crippen molar-refractivity contribution in [3.05, 3.63) is 12.7 Å². The number of nitrogens with zero attached hydrogens (tertiary/aromatic N) is 1. The van der Waals surface area contributed by atoms with Crippen LogP contribution in [0.4, 0.5) is 0 Å². The first kappa shape index (κ1) is 11.2. The summed E-state index contributed by atoms with van der Waals surface area (Å²) in [6.45, 7) is 8.55. The molecule has 1 heterocycles. The minimum Gasteiger partial charge on any atom is -0.481 e. The van der Waals surface area contributed by atoms with Gasteiger partial charge in [-0.1, -0.05) is 6.08 Å². The third-order valence-electron chi connectivity index (χ3n) is 2.62. The van der Waals surface area contributed by atoms with Gasteiger partial charge >= 0.3 is 5.97 Å². The van der Waals surface area contributed by atoms with Crippen molar-refractivity contribution in [1.29, 1.82) is 0 Å². The summed E-state index contributed by atoms with van der Waals surface area (Å²) in [5, 5.41) is 12.1. The number of hydrogen-bond acceptors (Lipinski definition) is 3. The molecule has 1 rings (SSSR count). The van der Waals surface area contributed by atoms with Gasteiger partial charge in [0.1, 0.15) is 0 Å². The van der Waals surface area contributed by atoms with Crippen LogP contribution in [0.25, 0.3) is 0 Å². The number of aliphatic carboxylic acids is 1. The highest BCUT2D eigenvalue weighted by Crippen LogP contribution is 2.08. The van der Waals surface area contributed by atoms with Crippen LogP contribution in [0.5, 0.6) is 0 Å². The number of carboxylic acids is 1. The molecule has 0 spiro atoms. The molecule has 0 aromatic carbocycles. The van der Waals surface area contributed by atoms with Crippen molar-refractivity contribution in [3.63, 3.8) is 0 Å². The molecule has 0 saturated carbocycles. The molecule has 0 bridgehead atoms. The number of rotatable bonds is 3. The SMILES string of the molecule is C=CCN1CC(C(=O)O)CNCC1C. The predicted octanol–water partition coefficient (Wildman–Crippen LogP) is 0.167. The highest BCUT2D eigenvalue weighted by Gasteiger charge is 2.26. The van der Waals surface area contributed by atoms with Crippen LogP contribution in [0.3, 0.4) is 0 Å². The van der Waals surface area contributed by atoms with Gasteiger partial charge in [0, 0.05) is 32.2 Å². The van der Waals surface area contributed by atoms with E-state index in [0.717, 1.165) is 13.1 Å². The molecule has 0 aromatic heterocycles. The number of carboxylic acid groups (broad SMARTS) is 1. The zero-order chi connectivity index (χ0) is 10.6. The number of hydrogen-bond donors (Lipinski definition) is 2. The van der Waals surface area contributed by atoms with Gasteiger partial charge in [-0.2, -0.15) is 0 Å². The molecule has 0 aromatic rings. The maximum absolute atomic E-state index is 10.9. The Morgan fingerprint density at radius 2 is 2.43 bits per heavy atom. The first-order valence-corrected chi connectivity index (χ1v) is 4.93. The summed E-state index contributed by atoms with van der Waals surface area (Å²) in [6, 6.07) is 0.373. The van der Waals surface area contributed by atoms with Crippen LogP contribution in [-0.4, -0.2) is 48.2 Å². The van der Waals surface area contributed by atoms with Crippen LogP contribution in [0.1, 0.15) is 6.92 Å². The number of nitrogens with one attached hydrogen (secondary N) is 1. The molecule has 80 valence electrons. The zero-order valence-corrected chi connectivity index (χ0v) is 8.57. The molecule has 0 aliphatic carbocycles. The fourth-order valence-corrected chi connectivity index (χ4v) is 1.71. The van der Waals surface area contributed by atoms with E-state index in [1.54, 1.807) is 0 Å². The first-order chi connectivity index (χ1) is 6.65. The van der Waals surface area contributed by atoms with E-state index in [-0.39, 0.29) is 5.92 Å². The maximum atomic E-state index is 10.9. The van der Waals surface area contributed by atoms with Crippen molar-refractivity contribution in [2.24, 2.45) is 5.92 Å². The summed E-state index contributed by atoms with van der Waals surface area (Å²) < 4.78 is 0. The van der Waals surface area contributed by atoms with Crippen molar-refractivity contribution in [2.45, 2.75) is 13.0 Å². The van der Waals surface area contributed by atoms with Crippen molar-refractivity contribution in [3.8, 4) is 0 Å². The molecular weight excluding hydrogens is 180 g/mol. The Labute approximate surface area is 84.6 Å². The Morgan fingerprint density at radius 1 is 1.71 bits per heavy atom. The molecule has 1 aliphatic heterocycles. The van der Waals surface area contributed by atoms with Crippen LogP contribution < -0.4 is 5.32 Å². The molecule has 0 radical (unpaired) electrons. The second kappa shape index (κ2) is 5.12. The minimum absolute atomic E-state index is 0.306. The van der Waals surface area contributed by atoms with E-state index in [9.17, 15) is 4.79 Å². The molecule has 2 unspecified atom stereocenters. The summed E-state index contributed by atoms with van der Waals surface area (Å²) in [5.74, 6) is -1.03. The Kier molecular flexibility index (Phi) is 4.10. The van der Waals surface area contributed by atoms with E-state index < -0.39 is 5.97 Å². The third-order valence-corrected chi connectivity index (χ3v) is 2.62. The van der Waals surface area contributed by atoms with Crippen molar-refractivity contribution in [2.75, 3.05) is 26.2 Å². The Hall–Kier alpha value is -0.870. The van der Waals surface area contributed by atoms with Gasteiger partial charge in [-0.3, -0.25) is 9.69 Å². The Balaban J connectivity index is 2.61. The van der Waals surface area contributed by atoms with Gasteiger partial charge in [-0.15, -0.1) is 6.58 Å². The molecular formula is C10H18N2O2. The molecule has 1 fully saturated rings. The second-order valence-corrected chi connectivity index (χ2v) is 3.79. The van der Waals surface area contributed by atoms with Gasteiger partial charge in [-0.25, -0.2) is 0 Å². The van der Waals surface area contributed by atoms with E-state index in [1.807, 2.05) is 6.08 Å². The molecule has 1 saturated heterocycles. The predicted molar refractivity (Wildman–Crippen MR) is 55.2 cm³/mol. The molecule has 2 atom stereocenters. The lowest BCUT2D eigenvalue weighted by Gasteiger charge is -2.26. The highest BCUT2D eigenvalue weighted by atomic mass is 16.4. The van der Waals surface area contributed by atoms with Crippen molar-refractivity contribution in [1.82, 2.24) is 10.2 Å². The standard InChI is InChI=1S/C10H18N2O2/c1-3-4-12-7-9(10(13)14)6-11-5-8(12)2/h3,8-9,11H,1,4-7H2,2H3,(H,13,14). The smallest absolute Gasteiger partial charge is 0.309 e. The summed E-state index contributed by atoms with van der Waals surface area (Å²) >= 11 is 0. The van der Waals surface area contributed by atoms with Gasteiger partial charge in [0.15, 0.2) is 0 Å². The fourth-order valence-electron chi connectivity index (χ4n) is 1.71. The lowest BCUT2D eigenvalue weighted by molar-refractivity contribution is -0.142. The largest absolute Gasteiger partial charge is 0.481 e. The van der Waals surface area contributed by atoms with Crippen LogP contribution >= 0.6 is 0 Å². The van der Waals surface area contributed by atoms with Crippen LogP contribution in [-0.2, 0) is 4.79 Å². The fraction of sp³-hybridized carbons (Fsp3) is 0.700. The molecule has 4 nitrogen and oxygen atoms in total. The van der Waals surface area contributed by atoms with Gasteiger partial charge < -0.3 is 10.4 Å². The monoisotopic (exact) mass is 198 g/mol. The van der Waals surface area contributed by atoms with E-state index in [1.165, 1.54) is 0 Å². The van der Waals surface area contributed by atoms with Crippen molar-refractivity contribution >= 4 is 5.97 Å². The summed E-state index contributed by atoms with van der Waals surface area (Å²) in [5.41, 5.74) is 0. The highest BCUT2D eigenvalue weighted by molar-refractivity contribution is 5.70. The van der Waals surface area contributed by atoms with Crippen LogP contribution in [0.2, 0.25) is 0 Å². The van der Waals surface area contributed by atoms with E-state index >= 15 is 0 Å². The van der Waals surface area contributed by atoms with Crippen molar-refractivity contribution < 1.29 is 9.90 Å². The average molecular weight is 198 g/mol. The second-order valence-electron chi connectivity index (χ2n) is 3.79. The molecule has 0 amide bonds. The molecule has 14 heavy (non-hydrogen) atoms. The minimum atomic E-state index is -0.722. The van der Waals surface area contributed by atoms with E-state index in [2.05, 4.69) is 23.7 Å². The average Bonchev–Trinajstić information content (AvgIpc) is 2.30. The molecule has 2 N–H and O–H groups in total. The topological polar surface area (TPSA) is 52.6 Å². The molecule has 4 heteroatoms. The summed E-state index contributed by atoms with van der Waals surface area (Å²) in [4.78, 5) is 13.0. The Bertz CT molecular complexity index is 218. The molecule has 1 aliphatic rings. The van der Waals surface area contributed by atoms with Gasteiger partial charge in [0.05, 0.1) is 5.92 Å². The first-order valence-electron chi connectivity index (χ1n) is 4.93. The van der Waals surface area contributed by atoms with Crippen LogP contribution in [0, 0.1) is 5.92 Å².